The summed E-state index contributed by atoms with van der Waals surface area (Å²) in [6, 6.07) is 6.84. The quantitative estimate of drug-likeness (QED) is 0.609. The molecule has 2 amide bonds. The predicted octanol–water partition coefficient (Wildman–Crippen LogP) is 2.51. The van der Waals surface area contributed by atoms with Crippen LogP contribution in [0.25, 0.3) is 0 Å². The second kappa shape index (κ2) is 9.61. The molecule has 0 saturated carbocycles. The van der Waals surface area contributed by atoms with Crippen molar-refractivity contribution >= 4 is 23.5 Å². The molecule has 0 aliphatic rings. The summed E-state index contributed by atoms with van der Waals surface area (Å²) >= 11 is 0. The number of hydrogen-bond donors (Lipinski definition) is 3. The largest absolute Gasteiger partial charge is 0.481 e. The van der Waals surface area contributed by atoms with Crippen LogP contribution in [0, 0.1) is 0 Å². The Kier molecular flexibility index (Phi) is 7.80. The van der Waals surface area contributed by atoms with E-state index < -0.39 is 11.9 Å². The molecule has 0 heterocycles. The van der Waals surface area contributed by atoms with Gasteiger partial charge in [-0.2, -0.15) is 0 Å². The smallest absolute Gasteiger partial charge is 0.310 e. The Balaban J connectivity index is 2.29. The molecule has 1 unspecified atom stereocenters. The van der Waals surface area contributed by atoms with E-state index in [-0.39, 0.29) is 11.8 Å². The maximum Gasteiger partial charge on any atom is 0.310 e. The molecule has 0 aliphatic carbocycles. The average molecular weight is 320 g/mol. The number of carboxylic acid groups (broad SMARTS) is 1. The number of anilines is 1. The highest BCUT2D eigenvalue weighted by atomic mass is 16.4. The Morgan fingerprint density at radius 2 is 1.74 bits per heavy atom. The summed E-state index contributed by atoms with van der Waals surface area (Å²) in [5.74, 6) is -1.55. The van der Waals surface area contributed by atoms with Crippen LogP contribution in [0.5, 0.6) is 0 Å². The average Bonchev–Trinajstić information content (AvgIpc) is 2.50. The number of hydrogen-bond acceptors (Lipinski definition) is 3. The van der Waals surface area contributed by atoms with Gasteiger partial charge in [0.15, 0.2) is 0 Å². The van der Waals surface area contributed by atoms with Gasteiger partial charge in [-0.25, -0.2) is 0 Å². The zero-order valence-electron chi connectivity index (χ0n) is 13.6. The first-order valence-corrected chi connectivity index (χ1v) is 7.77. The van der Waals surface area contributed by atoms with Gasteiger partial charge in [-0.3, -0.25) is 14.4 Å². The molecule has 1 aromatic carbocycles. The minimum Gasteiger partial charge on any atom is -0.481 e. The van der Waals surface area contributed by atoms with Crippen LogP contribution in [0.3, 0.4) is 0 Å². The van der Waals surface area contributed by atoms with Crippen LogP contribution in [-0.2, 0) is 14.4 Å². The van der Waals surface area contributed by atoms with Gasteiger partial charge >= 0.3 is 5.97 Å². The number of unbranched alkanes of at least 4 members (excludes halogenated alkanes) is 2. The molecular weight excluding hydrogens is 296 g/mol. The van der Waals surface area contributed by atoms with Crippen molar-refractivity contribution in [1.82, 2.24) is 5.32 Å². The molecule has 0 saturated heterocycles. The zero-order chi connectivity index (χ0) is 17.2. The summed E-state index contributed by atoms with van der Waals surface area (Å²) in [7, 11) is 0. The number of benzene rings is 1. The SMILES string of the molecule is CC(=O)NCCCCCC(=O)Nc1ccc(C(C)C(=O)O)cc1. The number of nitrogens with one attached hydrogen (secondary N) is 2. The summed E-state index contributed by atoms with van der Waals surface area (Å²) in [5, 5.41) is 14.5. The van der Waals surface area contributed by atoms with E-state index in [0.29, 0.717) is 24.2 Å². The van der Waals surface area contributed by atoms with E-state index >= 15 is 0 Å². The molecule has 1 aromatic rings. The number of aliphatic carboxylic acids is 1. The summed E-state index contributed by atoms with van der Waals surface area (Å²) in [5.41, 5.74) is 1.36. The lowest BCUT2D eigenvalue weighted by atomic mass is 10.0. The summed E-state index contributed by atoms with van der Waals surface area (Å²) < 4.78 is 0. The van der Waals surface area contributed by atoms with Gasteiger partial charge in [0.1, 0.15) is 0 Å². The van der Waals surface area contributed by atoms with Crippen LogP contribution in [0.4, 0.5) is 5.69 Å². The third-order valence-corrected chi connectivity index (χ3v) is 3.52. The minimum atomic E-state index is -0.874. The fourth-order valence-electron chi connectivity index (χ4n) is 2.07. The highest BCUT2D eigenvalue weighted by Crippen LogP contribution is 2.18. The summed E-state index contributed by atoms with van der Waals surface area (Å²) in [4.78, 5) is 33.4. The summed E-state index contributed by atoms with van der Waals surface area (Å²) in [6.45, 7) is 3.74. The van der Waals surface area contributed by atoms with Gasteiger partial charge in [-0.1, -0.05) is 18.6 Å². The van der Waals surface area contributed by atoms with Gasteiger partial charge in [0, 0.05) is 25.6 Å². The highest BCUT2D eigenvalue weighted by Gasteiger charge is 2.13. The lowest BCUT2D eigenvalue weighted by Crippen LogP contribution is -2.20. The van der Waals surface area contributed by atoms with E-state index in [1.165, 1.54) is 6.92 Å². The van der Waals surface area contributed by atoms with Crippen LogP contribution in [0.2, 0.25) is 0 Å². The molecule has 0 radical (unpaired) electrons. The Bertz CT molecular complexity index is 540. The van der Waals surface area contributed by atoms with Gasteiger partial charge in [-0.05, 0) is 37.5 Å². The normalized spacial score (nSPS) is 11.6. The molecule has 1 atom stereocenters. The molecule has 0 bridgehead atoms. The molecule has 0 aliphatic heterocycles. The van der Waals surface area contributed by atoms with Crippen molar-refractivity contribution in [2.75, 3.05) is 11.9 Å². The van der Waals surface area contributed by atoms with Crippen molar-refractivity contribution in [2.45, 2.75) is 45.4 Å². The maximum atomic E-state index is 11.8. The van der Waals surface area contributed by atoms with E-state index in [1.54, 1.807) is 31.2 Å². The monoisotopic (exact) mass is 320 g/mol. The summed E-state index contributed by atoms with van der Waals surface area (Å²) in [6.07, 6.45) is 2.92. The highest BCUT2D eigenvalue weighted by molar-refractivity contribution is 5.90. The van der Waals surface area contributed by atoms with Crippen molar-refractivity contribution in [3.63, 3.8) is 0 Å². The second-order valence-electron chi connectivity index (χ2n) is 5.52. The van der Waals surface area contributed by atoms with Crippen LogP contribution in [0.15, 0.2) is 24.3 Å². The Morgan fingerprint density at radius 1 is 1.09 bits per heavy atom. The molecule has 6 heteroatoms. The molecule has 0 aromatic heterocycles. The Labute approximate surface area is 136 Å². The molecule has 0 fully saturated rings. The molecule has 1 rings (SSSR count). The number of carbonyl (C=O) groups excluding carboxylic acids is 2. The standard InChI is InChI=1S/C17H24N2O4/c1-12(17(22)23)14-7-9-15(10-8-14)19-16(21)6-4-3-5-11-18-13(2)20/h7-10,12H,3-6,11H2,1-2H3,(H,18,20)(H,19,21)(H,22,23). The van der Waals surface area contributed by atoms with Crippen molar-refractivity contribution < 1.29 is 19.5 Å². The number of carbonyl (C=O) groups is 3. The molecule has 3 N–H and O–H groups in total. The topological polar surface area (TPSA) is 95.5 Å². The zero-order valence-corrected chi connectivity index (χ0v) is 13.6. The van der Waals surface area contributed by atoms with Crippen molar-refractivity contribution in [3.8, 4) is 0 Å². The third kappa shape index (κ3) is 7.44. The first-order valence-electron chi connectivity index (χ1n) is 7.77. The number of rotatable bonds is 9. The molecule has 126 valence electrons. The lowest BCUT2D eigenvalue weighted by Gasteiger charge is -2.09. The maximum absolute atomic E-state index is 11.8. The van der Waals surface area contributed by atoms with E-state index in [1.807, 2.05) is 0 Å². The van der Waals surface area contributed by atoms with Gasteiger partial charge in [0.2, 0.25) is 11.8 Å². The number of carboxylic acids is 1. The molecule has 0 spiro atoms. The van der Waals surface area contributed by atoms with Crippen molar-refractivity contribution in [1.29, 1.82) is 0 Å². The molecular formula is C17H24N2O4. The van der Waals surface area contributed by atoms with Gasteiger partial charge in [-0.15, -0.1) is 0 Å². The first-order chi connectivity index (χ1) is 10.9. The van der Waals surface area contributed by atoms with Crippen LogP contribution in [-0.4, -0.2) is 29.4 Å². The molecule has 23 heavy (non-hydrogen) atoms. The third-order valence-electron chi connectivity index (χ3n) is 3.52. The minimum absolute atomic E-state index is 0.0385. The van der Waals surface area contributed by atoms with Crippen LogP contribution >= 0.6 is 0 Å². The fourth-order valence-corrected chi connectivity index (χ4v) is 2.07. The molecule has 6 nitrogen and oxygen atoms in total. The fraction of sp³-hybridized carbons (Fsp3) is 0.471. The van der Waals surface area contributed by atoms with Gasteiger partial charge in [0.05, 0.1) is 5.92 Å². The predicted molar refractivity (Wildman–Crippen MR) is 88.3 cm³/mol. The van der Waals surface area contributed by atoms with E-state index in [9.17, 15) is 14.4 Å². The van der Waals surface area contributed by atoms with Crippen molar-refractivity contribution in [2.24, 2.45) is 0 Å². The van der Waals surface area contributed by atoms with Crippen LogP contribution in [0.1, 0.15) is 51.0 Å². The van der Waals surface area contributed by atoms with E-state index in [2.05, 4.69) is 10.6 Å². The number of amides is 2. The van der Waals surface area contributed by atoms with Gasteiger partial charge < -0.3 is 15.7 Å². The Hall–Kier alpha value is -2.37. The van der Waals surface area contributed by atoms with E-state index in [0.717, 1.165) is 19.3 Å². The van der Waals surface area contributed by atoms with Gasteiger partial charge in [0.25, 0.3) is 0 Å². The Morgan fingerprint density at radius 3 is 2.30 bits per heavy atom. The van der Waals surface area contributed by atoms with Crippen LogP contribution < -0.4 is 10.6 Å². The first kappa shape index (κ1) is 18.7. The second-order valence-corrected chi connectivity index (χ2v) is 5.52. The lowest BCUT2D eigenvalue weighted by molar-refractivity contribution is -0.138. The van der Waals surface area contributed by atoms with Crippen molar-refractivity contribution in [3.05, 3.63) is 29.8 Å². The van der Waals surface area contributed by atoms with E-state index in [4.69, 9.17) is 5.11 Å².